The van der Waals surface area contributed by atoms with Gasteiger partial charge in [-0.15, -0.1) is 0 Å². The molecular formula is C45H79O14P. The molecule has 1 aliphatic carbocycles. The van der Waals surface area contributed by atoms with Crippen LogP contribution in [0.2, 0.25) is 0 Å². The molecule has 0 spiro atoms. The van der Waals surface area contributed by atoms with Crippen molar-refractivity contribution in [3.05, 3.63) is 36.5 Å². The predicted molar refractivity (Wildman–Crippen MR) is 230 cm³/mol. The van der Waals surface area contributed by atoms with E-state index in [4.69, 9.17) is 23.3 Å². The van der Waals surface area contributed by atoms with Gasteiger partial charge in [0.2, 0.25) is 0 Å². The number of hydrogen-bond donors (Lipinski definition) is 6. The molecule has 0 aromatic heterocycles. The van der Waals surface area contributed by atoms with Crippen molar-refractivity contribution in [3.8, 4) is 0 Å². The number of ether oxygens (including phenoxy) is 3. The van der Waals surface area contributed by atoms with Gasteiger partial charge < -0.3 is 44.6 Å². The van der Waals surface area contributed by atoms with Gasteiger partial charge in [0.25, 0.3) is 0 Å². The van der Waals surface area contributed by atoms with Gasteiger partial charge in [-0.2, -0.15) is 0 Å². The van der Waals surface area contributed by atoms with Crippen LogP contribution in [0.15, 0.2) is 36.5 Å². The molecule has 0 aromatic rings. The molecule has 2 rings (SSSR count). The van der Waals surface area contributed by atoms with E-state index in [2.05, 4.69) is 38.2 Å². The summed E-state index contributed by atoms with van der Waals surface area (Å²) < 4.78 is 39.2. The van der Waals surface area contributed by atoms with E-state index in [1.165, 1.54) is 70.6 Å². The third-order valence-electron chi connectivity index (χ3n) is 10.9. The Morgan fingerprint density at radius 1 is 0.600 bits per heavy atom. The highest BCUT2D eigenvalue weighted by Gasteiger charge is 2.51. The Bertz CT molecular complexity index is 1260. The molecule has 1 saturated carbocycles. The Hall–Kier alpha value is -1.97. The summed E-state index contributed by atoms with van der Waals surface area (Å²) in [6.07, 6.45) is 23.8. The number of aliphatic hydroxyl groups excluding tert-OH is 5. The van der Waals surface area contributed by atoms with Crippen molar-refractivity contribution in [1.29, 1.82) is 0 Å². The molecule has 0 amide bonds. The van der Waals surface area contributed by atoms with Crippen LogP contribution in [-0.2, 0) is 37.4 Å². The highest BCUT2D eigenvalue weighted by molar-refractivity contribution is 7.47. The number of rotatable bonds is 36. The maximum Gasteiger partial charge on any atom is 0.472 e. The van der Waals surface area contributed by atoms with Crippen molar-refractivity contribution in [3.63, 3.8) is 0 Å². The summed E-state index contributed by atoms with van der Waals surface area (Å²) in [5, 5.41) is 50.1. The first-order valence-electron chi connectivity index (χ1n) is 22.9. The third-order valence-corrected chi connectivity index (χ3v) is 11.9. The molecule has 10 atom stereocenters. The van der Waals surface area contributed by atoms with E-state index in [9.17, 15) is 44.6 Å². The Morgan fingerprint density at radius 2 is 1.10 bits per heavy atom. The zero-order chi connectivity index (χ0) is 44.0. The van der Waals surface area contributed by atoms with E-state index in [-0.39, 0.29) is 12.8 Å². The molecule has 1 aliphatic heterocycles. The Balaban J connectivity index is 1.73. The molecule has 0 radical (unpaired) electrons. The normalized spacial score (nSPS) is 25.9. The lowest BCUT2D eigenvalue weighted by Crippen LogP contribution is -2.64. The number of hydrogen-bond acceptors (Lipinski definition) is 13. The summed E-state index contributed by atoms with van der Waals surface area (Å²) in [6, 6.07) is 0. The molecular weight excluding hydrogens is 795 g/mol. The third kappa shape index (κ3) is 24.6. The molecule has 0 bridgehead atoms. The Morgan fingerprint density at radius 3 is 1.70 bits per heavy atom. The second-order valence-electron chi connectivity index (χ2n) is 16.3. The fourth-order valence-corrected chi connectivity index (χ4v) is 8.05. The molecule has 1 heterocycles. The maximum absolute atomic E-state index is 12.8. The van der Waals surface area contributed by atoms with Crippen molar-refractivity contribution in [1.82, 2.24) is 0 Å². The van der Waals surface area contributed by atoms with E-state index in [0.29, 0.717) is 31.5 Å². The average molecular weight is 875 g/mol. The highest BCUT2D eigenvalue weighted by atomic mass is 31.2. The van der Waals surface area contributed by atoms with Gasteiger partial charge in [-0.1, -0.05) is 147 Å². The minimum Gasteiger partial charge on any atom is -0.462 e. The van der Waals surface area contributed by atoms with E-state index >= 15 is 0 Å². The topological polar surface area (TPSA) is 222 Å². The van der Waals surface area contributed by atoms with Gasteiger partial charge >= 0.3 is 19.8 Å². The Kier molecular flexibility index (Phi) is 29.5. The quantitative estimate of drug-likeness (QED) is 0.0117. The van der Waals surface area contributed by atoms with Gasteiger partial charge in [-0.05, 0) is 44.9 Å². The van der Waals surface area contributed by atoms with Crippen molar-refractivity contribution in [2.24, 2.45) is 0 Å². The van der Waals surface area contributed by atoms with Gasteiger partial charge in [0, 0.05) is 12.8 Å². The van der Waals surface area contributed by atoms with Crippen LogP contribution in [0, 0.1) is 0 Å². The summed E-state index contributed by atoms with van der Waals surface area (Å²) in [6.45, 7) is 3.21. The van der Waals surface area contributed by atoms with Gasteiger partial charge in [0.1, 0.15) is 43.2 Å². The van der Waals surface area contributed by atoms with Crippen LogP contribution >= 0.6 is 7.82 Å². The fraction of sp³-hybridized carbons (Fsp3) is 0.822. The number of unbranched alkanes of at least 4 members (excludes halogenated alkanes) is 15. The zero-order valence-corrected chi connectivity index (χ0v) is 37.3. The summed E-state index contributed by atoms with van der Waals surface area (Å²) in [4.78, 5) is 35.6. The molecule has 348 valence electrons. The van der Waals surface area contributed by atoms with Crippen LogP contribution in [0.4, 0.5) is 0 Å². The lowest BCUT2D eigenvalue weighted by Gasteiger charge is -2.41. The first kappa shape index (κ1) is 54.2. The van der Waals surface area contributed by atoms with Crippen LogP contribution in [-0.4, -0.2) is 111 Å². The van der Waals surface area contributed by atoms with E-state index in [1.54, 1.807) is 0 Å². The van der Waals surface area contributed by atoms with Crippen LogP contribution in [0.3, 0.4) is 0 Å². The summed E-state index contributed by atoms with van der Waals surface area (Å²) in [5.41, 5.74) is 0. The lowest BCUT2D eigenvalue weighted by molar-refractivity contribution is -0.220. The first-order chi connectivity index (χ1) is 28.9. The van der Waals surface area contributed by atoms with Crippen LogP contribution in [0.5, 0.6) is 0 Å². The van der Waals surface area contributed by atoms with E-state index < -0.39 is 75.7 Å². The standard InChI is InChI=1S/C45H79O14P/c1-3-5-7-8-9-10-11-12-13-18-21-24-28-32-39(47)57-35(34-56-60(53,54)59-45-43(51)41(49)40(48)42(50)44(45)52)33-55-38(46)31-27-23-20-17-15-14-16-19-22-26-30-37-36(58-37)29-25-6-4-2/h14,16-17,20,22,26,35-37,40-45,48-52H,3-13,15,18-19,21,23-25,27-34H2,1-2H3,(H,53,54)/b16-14-,20-17-,26-22-/t35-,36?,37?,40?,41-,42+,43-,44-,45?/m1/s1. The van der Waals surface area contributed by atoms with E-state index in [0.717, 1.165) is 51.4 Å². The summed E-state index contributed by atoms with van der Waals surface area (Å²) >= 11 is 0. The SMILES string of the molecule is CCCCCCCCCCCCCCCC(=O)O[C@H](COC(=O)CCC/C=C\C/C=C\C/C=C\CC1OC1CCCCC)COP(=O)(O)OC1[C@H](O)[C@H](O)C(O)[C@H](O)[C@H]1O. The van der Waals surface area contributed by atoms with Crippen molar-refractivity contribution in [2.45, 2.75) is 223 Å². The van der Waals surface area contributed by atoms with Crippen LogP contribution < -0.4 is 0 Å². The minimum atomic E-state index is -5.13. The number of carbonyl (C=O) groups excluding carboxylic acids is 2. The molecule has 15 heteroatoms. The Labute approximate surface area is 359 Å². The van der Waals surface area contributed by atoms with Crippen molar-refractivity contribution in [2.75, 3.05) is 13.2 Å². The molecule has 6 N–H and O–H groups in total. The molecule has 2 aliphatic rings. The van der Waals surface area contributed by atoms with Gasteiger partial charge in [0.05, 0.1) is 18.8 Å². The monoisotopic (exact) mass is 875 g/mol. The second-order valence-corrected chi connectivity index (χ2v) is 17.7. The summed E-state index contributed by atoms with van der Waals surface area (Å²) in [7, 11) is -5.13. The van der Waals surface area contributed by atoms with Gasteiger partial charge in [-0.3, -0.25) is 18.6 Å². The van der Waals surface area contributed by atoms with Gasteiger partial charge in [0.15, 0.2) is 6.10 Å². The lowest BCUT2D eigenvalue weighted by atomic mass is 9.85. The fourth-order valence-electron chi connectivity index (χ4n) is 7.08. The van der Waals surface area contributed by atoms with E-state index in [1.807, 2.05) is 12.2 Å². The number of esters is 2. The second kappa shape index (κ2) is 32.7. The number of allylic oxidation sites excluding steroid dienone is 5. The number of carbonyl (C=O) groups is 2. The minimum absolute atomic E-state index is 0.0851. The number of phosphoric ester groups is 1. The smallest absolute Gasteiger partial charge is 0.462 e. The predicted octanol–water partition coefficient (Wildman–Crippen LogP) is 7.60. The average Bonchev–Trinajstić information content (AvgIpc) is 3.98. The molecule has 14 nitrogen and oxygen atoms in total. The molecule has 1 saturated heterocycles. The van der Waals surface area contributed by atoms with Crippen molar-refractivity contribution >= 4 is 19.8 Å². The van der Waals surface area contributed by atoms with Crippen molar-refractivity contribution < 1.29 is 67.8 Å². The molecule has 5 unspecified atom stereocenters. The maximum atomic E-state index is 12.8. The number of phosphoric acid groups is 1. The largest absolute Gasteiger partial charge is 0.472 e. The number of aliphatic hydroxyl groups is 5. The van der Waals surface area contributed by atoms with Crippen LogP contribution in [0.25, 0.3) is 0 Å². The molecule has 0 aromatic carbocycles. The number of epoxide rings is 1. The van der Waals surface area contributed by atoms with Gasteiger partial charge in [-0.25, -0.2) is 4.57 Å². The summed E-state index contributed by atoms with van der Waals surface area (Å²) in [5.74, 6) is -1.17. The van der Waals surface area contributed by atoms with Crippen LogP contribution in [0.1, 0.15) is 168 Å². The molecule has 60 heavy (non-hydrogen) atoms. The zero-order valence-electron chi connectivity index (χ0n) is 36.4. The first-order valence-corrected chi connectivity index (χ1v) is 24.4. The highest BCUT2D eigenvalue weighted by Crippen LogP contribution is 2.47. The molecule has 2 fully saturated rings.